The van der Waals surface area contributed by atoms with Gasteiger partial charge in [0.15, 0.2) is 5.11 Å². The van der Waals surface area contributed by atoms with Gasteiger partial charge < -0.3 is 25.0 Å². The maximum absolute atomic E-state index is 13.1. The van der Waals surface area contributed by atoms with Gasteiger partial charge in [0.25, 0.3) is 5.91 Å². The van der Waals surface area contributed by atoms with Crippen LogP contribution in [0.3, 0.4) is 0 Å². The molecule has 1 atom stereocenters. The van der Waals surface area contributed by atoms with E-state index >= 15 is 0 Å². The summed E-state index contributed by atoms with van der Waals surface area (Å²) in [5, 5.41) is 6.75. The van der Waals surface area contributed by atoms with E-state index in [2.05, 4.69) is 10.6 Å². The first-order valence-electron chi connectivity index (χ1n) is 8.26. The molecule has 1 unspecified atom stereocenters. The molecule has 0 bridgehead atoms. The summed E-state index contributed by atoms with van der Waals surface area (Å²) >= 11 is 5.30. The second kappa shape index (κ2) is 8.20. The number of rotatable bonds is 6. The summed E-state index contributed by atoms with van der Waals surface area (Å²) < 4.78 is 10.8. The molecule has 25 heavy (non-hydrogen) atoms. The van der Waals surface area contributed by atoms with Crippen molar-refractivity contribution in [1.29, 1.82) is 0 Å². The van der Waals surface area contributed by atoms with Gasteiger partial charge in [-0.3, -0.25) is 4.79 Å². The first-order chi connectivity index (χ1) is 12.0. The number of thiocarbonyl (C=S) groups is 1. The number of amides is 1. The van der Waals surface area contributed by atoms with Gasteiger partial charge in [0, 0.05) is 30.4 Å². The highest BCUT2D eigenvalue weighted by Crippen LogP contribution is 2.35. The molecule has 0 radical (unpaired) electrons. The maximum atomic E-state index is 13.1. The van der Waals surface area contributed by atoms with Crippen LogP contribution >= 0.6 is 12.2 Å². The Kier molecular flexibility index (Phi) is 6.25. The Hall–Kier alpha value is -2.28. The molecule has 0 aromatic heterocycles. The molecule has 7 heteroatoms. The number of ether oxygens (including phenoxy) is 2. The molecule has 1 amide bonds. The van der Waals surface area contributed by atoms with Crippen LogP contribution in [-0.2, 0) is 4.79 Å². The minimum Gasteiger partial charge on any atom is -0.497 e. The molecule has 0 aliphatic carbocycles. The fraction of sp³-hybridized carbons (Fsp3) is 0.444. The zero-order valence-electron chi connectivity index (χ0n) is 15.3. The summed E-state index contributed by atoms with van der Waals surface area (Å²) in [7, 11) is 3.20. The SMILES string of the molecule is CCN(CC)C(=O)C1=C(C)NC(=S)NC1c1ccc(OC)cc1OC. The number of allylic oxidation sites excluding steroid dienone is 1. The van der Waals surface area contributed by atoms with E-state index < -0.39 is 0 Å². The number of nitrogens with one attached hydrogen (secondary N) is 2. The Bertz CT molecular complexity index is 699. The van der Waals surface area contributed by atoms with E-state index in [4.69, 9.17) is 21.7 Å². The van der Waals surface area contributed by atoms with Crippen molar-refractivity contribution in [3.05, 3.63) is 35.0 Å². The predicted molar refractivity (Wildman–Crippen MR) is 102 cm³/mol. The minimum atomic E-state index is -0.386. The van der Waals surface area contributed by atoms with E-state index in [0.717, 1.165) is 11.3 Å². The molecule has 6 nitrogen and oxygen atoms in total. The summed E-state index contributed by atoms with van der Waals surface area (Å²) in [5.41, 5.74) is 2.23. The second-order valence-corrected chi connectivity index (χ2v) is 6.06. The molecular formula is C18H25N3O3S. The van der Waals surface area contributed by atoms with Crippen LogP contribution < -0.4 is 20.1 Å². The van der Waals surface area contributed by atoms with E-state index in [1.165, 1.54) is 0 Å². The molecule has 1 aromatic rings. The van der Waals surface area contributed by atoms with E-state index in [1.54, 1.807) is 25.2 Å². The van der Waals surface area contributed by atoms with Crippen LogP contribution in [0, 0.1) is 0 Å². The normalized spacial score (nSPS) is 16.8. The number of nitrogens with zero attached hydrogens (tertiary/aromatic N) is 1. The number of carbonyl (C=O) groups excluding carboxylic acids is 1. The van der Waals surface area contributed by atoms with E-state index in [1.807, 2.05) is 32.9 Å². The van der Waals surface area contributed by atoms with Crippen molar-refractivity contribution in [2.45, 2.75) is 26.8 Å². The monoisotopic (exact) mass is 363 g/mol. The number of hydrogen-bond donors (Lipinski definition) is 2. The number of methoxy groups -OCH3 is 2. The van der Waals surface area contributed by atoms with Gasteiger partial charge in [-0.15, -0.1) is 0 Å². The molecule has 1 heterocycles. The lowest BCUT2D eigenvalue weighted by Crippen LogP contribution is -2.47. The van der Waals surface area contributed by atoms with Gasteiger partial charge in [-0.25, -0.2) is 0 Å². The van der Waals surface area contributed by atoms with Crippen molar-refractivity contribution in [2.24, 2.45) is 0 Å². The van der Waals surface area contributed by atoms with Gasteiger partial charge in [0.2, 0.25) is 0 Å². The van der Waals surface area contributed by atoms with E-state index in [-0.39, 0.29) is 11.9 Å². The van der Waals surface area contributed by atoms with Crippen molar-refractivity contribution in [1.82, 2.24) is 15.5 Å². The highest BCUT2D eigenvalue weighted by atomic mass is 32.1. The first-order valence-corrected chi connectivity index (χ1v) is 8.67. The number of hydrogen-bond acceptors (Lipinski definition) is 4. The van der Waals surface area contributed by atoms with Crippen molar-refractivity contribution < 1.29 is 14.3 Å². The smallest absolute Gasteiger partial charge is 0.253 e. The Morgan fingerprint density at radius 3 is 2.48 bits per heavy atom. The third kappa shape index (κ3) is 3.87. The van der Waals surface area contributed by atoms with Crippen molar-refractivity contribution in [3.8, 4) is 11.5 Å². The average molecular weight is 363 g/mol. The third-order valence-electron chi connectivity index (χ3n) is 4.30. The lowest BCUT2D eigenvalue weighted by molar-refractivity contribution is -0.127. The topological polar surface area (TPSA) is 62.8 Å². The van der Waals surface area contributed by atoms with Crippen LogP contribution in [0.25, 0.3) is 0 Å². The van der Waals surface area contributed by atoms with Crippen LogP contribution in [0.5, 0.6) is 11.5 Å². The zero-order valence-corrected chi connectivity index (χ0v) is 16.1. The Labute approximate surface area is 154 Å². The molecule has 1 aromatic carbocycles. The quantitative estimate of drug-likeness (QED) is 0.757. The Morgan fingerprint density at radius 1 is 1.24 bits per heavy atom. The molecule has 0 fully saturated rings. The summed E-state index contributed by atoms with van der Waals surface area (Å²) in [5.74, 6) is 1.31. The predicted octanol–water partition coefficient (Wildman–Crippen LogP) is 2.37. The molecule has 0 spiro atoms. The number of benzene rings is 1. The highest BCUT2D eigenvalue weighted by molar-refractivity contribution is 7.80. The van der Waals surface area contributed by atoms with E-state index in [9.17, 15) is 4.79 Å². The lowest BCUT2D eigenvalue weighted by Gasteiger charge is -2.33. The summed E-state index contributed by atoms with van der Waals surface area (Å²) in [4.78, 5) is 14.9. The Morgan fingerprint density at radius 2 is 1.92 bits per heavy atom. The van der Waals surface area contributed by atoms with Crippen LogP contribution in [0.1, 0.15) is 32.4 Å². The largest absolute Gasteiger partial charge is 0.497 e. The average Bonchev–Trinajstić information content (AvgIpc) is 2.61. The molecule has 0 saturated carbocycles. The van der Waals surface area contributed by atoms with Gasteiger partial charge in [0.05, 0.1) is 25.8 Å². The molecular weight excluding hydrogens is 338 g/mol. The van der Waals surface area contributed by atoms with E-state index in [0.29, 0.717) is 35.3 Å². The minimum absolute atomic E-state index is 0.0205. The molecule has 136 valence electrons. The summed E-state index contributed by atoms with van der Waals surface area (Å²) in [6.45, 7) is 7.09. The summed E-state index contributed by atoms with van der Waals surface area (Å²) in [6, 6.07) is 5.16. The highest BCUT2D eigenvalue weighted by Gasteiger charge is 2.33. The second-order valence-electron chi connectivity index (χ2n) is 5.66. The standard InChI is InChI=1S/C18H25N3O3S/c1-6-21(7-2)17(22)15-11(3)19-18(25)20-16(15)13-9-8-12(23-4)10-14(13)24-5/h8-10,16H,6-7H2,1-5H3,(H2,19,20,25). The van der Waals surface area contributed by atoms with Crippen molar-refractivity contribution in [3.63, 3.8) is 0 Å². The van der Waals surface area contributed by atoms with Crippen molar-refractivity contribution >= 4 is 23.2 Å². The molecule has 2 N–H and O–H groups in total. The molecule has 0 saturated heterocycles. The third-order valence-corrected chi connectivity index (χ3v) is 4.52. The number of likely N-dealkylation sites (N-methyl/N-ethyl adjacent to an activating group) is 1. The molecule has 2 rings (SSSR count). The fourth-order valence-electron chi connectivity index (χ4n) is 2.95. The first kappa shape index (κ1) is 19.1. The summed E-state index contributed by atoms with van der Waals surface area (Å²) in [6.07, 6.45) is 0. The number of carbonyl (C=O) groups is 1. The lowest BCUT2D eigenvalue weighted by atomic mass is 9.93. The Balaban J connectivity index is 2.55. The zero-order chi connectivity index (χ0) is 18.6. The molecule has 1 aliphatic rings. The van der Waals surface area contributed by atoms with Crippen molar-refractivity contribution in [2.75, 3.05) is 27.3 Å². The van der Waals surface area contributed by atoms with Gasteiger partial charge >= 0.3 is 0 Å². The van der Waals surface area contributed by atoms with Crippen LogP contribution in [0.4, 0.5) is 0 Å². The van der Waals surface area contributed by atoms with Gasteiger partial charge in [-0.1, -0.05) is 0 Å². The van der Waals surface area contributed by atoms with Gasteiger partial charge in [-0.05, 0) is 45.1 Å². The van der Waals surface area contributed by atoms with Crippen LogP contribution in [0.15, 0.2) is 29.5 Å². The van der Waals surface area contributed by atoms with Gasteiger partial charge in [-0.2, -0.15) is 0 Å². The fourth-order valence-corrected chi connectivity index (χ4v) is 3.22. The van der Waals surface area contributed by atoms with Gasteiger partial charge in [0.1, 0.15) is 11.5 Å². The van der Waals surface area contributed by atoms with Crippen LogP contribution in [0.2, 0.25) is 0 Å². The molecule has 1 aliphatic heterocycles. The maximum Gasteiger partial charge on any atom is 0.253 e. The van der Waals surface area contributed by atoms with Crippen LogP contribution in [-0.4, -0.2) is 43.2 Å².